The molecule has 4 rings (SSSR count). The summed E-state index contributed by atoms with van der Waals surface area (Å²) < 4.78 is 7.81. The zero-order valence-electron chi connectivity index (χ0n) is 13.2. The highest BCUT2D eigenvalue weighted by molar-refractivity contribution is 5.92. The van der Waals surface area contributed by atoms with Gasteiger partial charge >= 0.3 is 0 Å². The number of H-pyrrole nitrogens is 1. The van der Waals surface area contributed by atoms with Crippen LogP contribution in [0.3, 0.4) is 0 Å². The van der Waals surface area contributed by atoms with E-state index in [-0.39, 0.29) is 18.1 Å². The summed E-state index contributed by atoms with van der Waals surface area (Å²) in [6.45, 7) is 0.518. The summed E-state index contributed by atoms with van der Waals surface area (Å²) in [4.78, 5) is 16.7. The molecule has 1 saturated heterocycles. The lowest BCUT2D eigenvalue weighted by Gasteiger charge is -2.13. The summed E-state index contributed by atoms with van der Waals surface area (Å²) in [5, 5.41) is 10.2. The van der Waals surface area contributed by atoms with Gasteiger partial charge < -0.3 is 14.6 Å². The lowest BCUT2D eigenvalue weighted by molar-refractivity contribution is 0.0391. The first kappa shape index (κ1) is 14.4. The van der Waals surface area contributed by atoms with Crippen LogP contribution in [0.4, 0.5) is 0 Å². The molecule has 2 aromatic rings. The zero-order valence-corrected chi connectivity index (χ0v) is 13.2. The summed E-state index contributed by atoms with van der Waals surface area (Å²) in [7, 11) is 1.86. The molecule has 7 heteroatoms. The highest BCUT2D eigenvalue weighted by Gasteiger charge is 2.32. The summed E-state index contributed by atoms with van der Waals surface area (Å²) in [6.07, 6.45) is 6.05. The molecular weight excluding hydrogens is 294 g/mol. The number of carbonyl (C=O) groups excluding carboxylic acids is 1. The second kappa shape index (κ2) is 5.81. The van der Waals surface area contributed by atoms with Crippen molar-refractivity contribution in [2.45, 2.75) is 43.8 Å². The molecule has 2 aromatic heterocycles. The first-order chi connectivity index (χ1) is 11.2. The van der Waals surface area contributed by atoms with Crippen LogP contribution in [-0.4, -0.2) is 38.3 Å². The number of ether oxygens (including phenoxy) is 1. The van der Waals surface area contributed by atoms with Crippen LogP contribution in [0.15, 0.2) is 18.3 Å². The van der Waals surface area contributed by atoms with Crippen LogP contribution in [0.5, 0.6) is 0 Å². The van der Waals surface area contributed by atoms with Crippen molar-refractivity contribution < 1.29 is 9.53 Å². The fourth-order valence-corrected chi connectivity index (χ4v) is 3.01. The number of aryl methyl sites for hydroxylation is 1. The van der Waals surface area contributed by atoms with Gasteiger partial charge in [-0.2, -0.15) is 5.10 Å². The van der Waals surface area contributed by atoms with Gasteiger partial charge in [-0.05, 0) is 37.8 Å². The Hall–Kier alpha value is -2.15. The second-order valence-electron chi connectivity index (χ2n) is 6.39. The molecule has 2 aliphatic rings. The molecule has 2 N–H and O–H groups in total. The Morgan fingerprint density at radius 3 is 3.04 bits per heavy atom. The highest BCUT2D eigenvalue weighted by atomic mass is 16.5. The number of hydrogen-bond donors (Lipinski definition) is 2. The van der Waals surface area contributed by atoms with Crippen molar-refractivity contribution >= 4 is 5.91 Å². The fraction of sp³-hybridized carbons (Fsp3) is 0.562. The smallest absolute Gasteiger partial charge is 0.267 e. The van der Waals surface area contributed by atoms with Gasteiger partial charge in [0.2, 0.25) is 0 Å². The van der Waals surface area contributed by atoms with E-state index in [0.717, 1.165) is 24.5 Å². The molecule has 2 fully saturated rings. The lowest BCUT2D eigenvalue weighted by Crippen LogP contribution is -2.32. The van der Waals surface area contributed by atoms with Gasteiger partial charge in [-0.25, -0.2) is 4.98 Å². The molecule has 0 bridgehead atoms. The Morgan fingerprint density at radius 1 is 1.43 bits per heavy atom. The zero-order chi connectivity index (χ0) is 15.8. The first-order valence-corrected chi connectivity index (χ1v) is 8.18. The number of amides is 1. The van der Waals surface area contributed by atoms with Gasteiger partial charge in [0, 0.05) is 25.7 Å². The normalized spacial score (nSPS) is 24.0. The first-order valence-electron chi connectivity index (χ1n) is 8.18. The van der Waals surface area contributed by atoms with Crippen molar-refractivity contribution in [2.75, 3.05) is 6.54 Å². The second-order valence-corrected chi connectivity index (χ2v) is 6.39. The minimum Gasteiger partial charge on any atom is -0.365 e. The van der Waals surface area contributed by atoms with Crippen LogP contribution in [0.25, 0.3) is 0 Å². The average Bonchev–Trinajstić information content (AvgIpc) is 2.96. The van der Waals surface area contributed by atoms with Crippen molar-refractivity contribution in [3.63, 3.8) is 0 Å². The predicted octanol–water partition coefficient (Wildman–Crippen LogP) is 1.67. The molecule has 23 heavy (non-hydrogen) atoms. The van der Waals surface area contributed by atoms with Crippen LogP contribution in [-0.2, 0) is 11.8 Å². The summed E-state index contributed by atoms with van der Waals surface area (Å²) in [5.74, 6) is 2.22. The van der Waals surface area contributed by atoms with Crippen molar-refractivity contribution in [3.05, 3.63) is 35.7 Å². The van der Waals surface area contributed by atoms with Crippen LogP contribution in [0, 0.1) is 0 Å². The fourth-order valence-electron chi connectivity index (χ4n) is 3.01. The number of nitrogens with zero attached hydrogens (tertiary/aromatic N) is 3. The largest absolute Gasteiger partial charge is 0.365 e. The summed E-state index contributed by atoms with van der Waals surface area (Å²) in [5.41, 5.74) is 0.656. The van der Waals surface area contributed by atoms with Crippen LogP contribution in [0.2, 0.25) is 0 Å². The highest BCUT2D eigenvalue weighted by Crippen LogP contribution is 2.39. The van der Waals surface area contributed by atoms with E-state index in [2.05, 4.69) is 20.5 Å². The van der Waals surface area contributed by atoms with Crippen LogP contribution in [0.1, 0.15) is 59.8 Å². The van der Waals surface area contributed by atoms with E-state index in [1.54, 1.807) is 0 Å². The van der Waals surface area contributed by atoms with Crippen molar-refractivity contribution in [3.8, 4) is 0 Å². The molecule has 122 valence electrons. The number of nitrogens with one attached hydrogen (secondary N) is 2. The summed E-state index contributed by atoms with van der Waals surface area (Å²) >= 11 is 0. The standard InChI is InChI=1S/C16H21N5O2/c1-21-8-2-3-12(21)16(22)17-9-11-6-7-13(23-11)15-18-14(19-20-15)10-4-5-10/h2-3,8,10-11,13H,4-7,9H2,1H3,(H,17,22)(H,18,19,20)/t11-,13+/m1/s1. The molecule has 1 aliphatic carbocycles. The Bertz CT molecular complexity index is 703. The van der Waals surface area contributed by atoms with E-state index in [9.17, 15) is 4.79 Å². The van der Waals surface area contributed by atoms with Gasteiger partial charge in [-0.1, -0.05) is 0 Å². The van der Waals surface area contributed by atoms with Gasteiger partial charge in [0.1, 0.15) is 11.8 Å². The monoisotopic (exact) mass is 315 g/mol. The van der Waals surface area contributed by atoms with E-state index in [1.807, 2.05) is 29.9 Å². The average molecular weight is 315 g/mol. The third kappa shape index (κ3) is 3.01. The van der Waals surface area contributed by atoms with Gasteiger partial charge in [0.05, 0.1) is 6.10 Å². The van der Waals surface area contributed by atoms with E-state index in [0.29, 0.717) is 18.2 Å². The van der Waals surface area contributed by atoms with Gasteiger partial charge in [-0.15, -0.1) is 0 Å². The van der Waals surface area contributed by atoms with Crippen molar-refractivity contribution in [1.82, 2.24) is 25.1 Å². The molecule has 0 spiro atoms. The molecule has 1 aliphatic heterocycles. The van der Waals surface area contributed by atoms with Gasteiger partial charge in [0.25, 0.3) is 5.91 Å². The Balaban J connectivity index is 1.30. The topological polar surface area (TPSA) is 84.8 Å². The lowest BCUT2D eigenvalue weighted by atomic mass is 10.2. The minimum atomic E-state index is -0.0692. The molecule has 0 radical (unpaired) electrons. The van der Waals surface area contributed by atoms with Crippen LogP contribution >= 0.6 is 0 Å². The molecule has 1 saturated carbocycles. The molecular formula is C16H21N5O2. The Labute approximate surface area is 134 Å². The quantitative estimate of drug-likeness (QED) is 0.879. The third-order valence-electron chi connectivity index (χ3n) is 4.54. The molecule has 3 heterocycles. The van der Waals surface area contributed by atoms with Crippen molar-refractivity contribution in [2.24, 2.45) is 7.05 Å². The maximum absolute atomic E-state index is 12.1. The minimum absolute atomic E-state index is 0.0266. The molecule has 2 atom stereocenters. The maximum atomic E-state index is 12.1. The SMILES string of the molecule is Cn1cccc1C(=O)NC[C@H]1CC[C@@H](c2nc(C3CC3)n[nH]2)O1. The van der Waals surface area contributed by atoms with E-state index in [4.69, 9.17) is 4.74 Å². The number of hydrogen-bond acceptors (Lipinski definition) is 4. The Kier molecular flexibility index (Phi) is 3.65. The maximum Gasteiger partial charge on any atom is 0.267 e. The third-order valence-corrected chi connectivity index (χ3v) is 4.54. The van der Waals surface area contributed by atoms with E-state index >= 15 is 0 Å². The molecule has 0 aromatic carbocycles. The number of carbonyl (C=O) groups is 1. The molecule has 1 amide bonds. The summed E-state index contributed by atoms with van der Waals surface area (Å²) in [6, 6.07) is 3.67. The predicted molar refractivity (Wildman–Crippen MR) is 83.0 cm³/mol. The number of aromatic amines is 1. The molecule has 7 nitrogen and oxygen atoms in total. The van der Waals surface area contributed by atoms with Crippen LogP contribution < -0.4 is 5.32 Å². The van der Waals surface area contributed by atoms with E-state index in [1.165, 1.54) is 12.8 Å². The number of rotatable bonds is 5. The van der Waals surface area contributed by atoms with E-state index < -0.39 is 0 Å². The molecule has 0 unspecified atom stereocenters. The van der Waals surface area contributed by atoms with Crippen molar-refractivity contribution in [1.29, 1.82) is 0 Å². The number of aromatic nitrogens is 4. The van der Waals surface area contributed by atoms with Gasteiger partial charge in [-0.3, -0.25) is 9.89 Å². The Morgan fingerprint density at radius 2 is 2.30 bits per heavy atom. The van der Waals surface area contributed by atoms with Gasteiger partial charge in [0.15, 0.2) is 11.6 Å².